The normalized spacial score (nSPS) is 15.4. The van der Waals surface area contributed by atoms with Crippen LogP contribution in [0, 0.1) is 13.8 Å². The lowest BCUT2D eigenvalue weighted by Crippen LogP contribution is -2.39. The number of hydrogen-bond donors (Lipinski definition) is 1. The fourth-order valence-electron chi connectivity index (χ4n) is 4.66. The average molecular weight is 520 g/mol. The maximum atomic E-state index is 13.2. The van der Waals surface area contributed by atoms with E-state index in [1.165, 1.54) is 11.3 Å². The van der Waals surface area contributed by atoms with Crippen LogP contribution in [0.5, 0.6) is 11.5 Å². The van der Waals surface area contributed by atoms with Crippen LogP contribution in [-0.4, -0.2) is 61.4 Å². The van der Waals surface area contributed by atoms with Crippen LogP contribution in [0.1, 0.15) is 61.7 Å². The van der Waals surface area contributed by atoms with Crippen molar-refractivity contribution in [3.63, 3.8) is 0 Å². The summed E-state index contributed by atoms with van der Waals surface area (Å²) in [6.07, 6.45) is 1.54. The first-order valence-electron chi connectivity index (χ1n) is 12.1. The number of nitrogens with zero attached hydrogens (tertiary/aromatic N) is 6. The molecule has 6 rings (SSSR count). The molecule has 1 aromatic carbocycles. The summed E-state index contributed by atoms with van der Waals surface area (Å²) in [5.74, 6) is 1.25. The van der Waals surface area contributed by atoms with Crippen LogP contribution in [-0.2, 0) is 6.54 Å². The molecule has 0 radical (unpaired) electrons. The number of carbonyl (C=O) groups excluding carboxylic acids is 2. The molecule has 0 spiro atoms. The summed E-state index contributed by atoms with van der Waals surface area (Å²) in [6, 6.07) is 7.44. The molecular weight excluding hydrogens is 494 g/mol. The molecule has 0 aliphatic carbocycles. The molecule has 1 fully saturated rings. The van der Waals surface area contributed by atoms with Gasteiger partial charge in [0.1, 0.15) is 5.69 Å². The number of hydrogen-bond acceptors (Lipinski definition) is 9. The van der Waals surface area contributed by atoms with E-state index >= 15 is 0 Å². The number of fused-ring (bicyclic) bond motifs is 2. The fourth-order valence-corrected chi connectivity index (χ4v) is 5.63. The zero-order valence-electron chi connectivity index (χ0n) is 20.4. The zero-order chi connectivity index (χ0) is 25.5. The van der Waals surface area contributed by atoms with Crippen LogP contribution in [0.2, 0.25) is 0 Å². The van der Waals surface area contributed by atoms with Crippen molar-refractivity contribution in [3.05, 3.63) is 63.0 Å². The highest BCUT2D eigenvalue weighted by Gasteiger charge is 2.29. The molecule has 12 heteroatoms. The summed E-state index contributed by atoms with van der Waals surface area (Å²) in [4.78, 5) is 32.3. The minimum atomic E-state index is -0.217. The molecular formula is C25H25N7O4S. The van der Waals surface area contributed by atoms with E-state index in [1.54, 1.807) is 9.90 Å². The third kappa shape index (κ3) is 4.48. The second-order valence-corrected chi connectivity index (χ2v) is 10.1. The molecule has 2 aliphatic heterocycles. The van der Waals surface area contributed by atoms with Crippen molar-refractivity contribution in [1.82, 2.24) is 35.0 Å². The Labute approximate surface area is 216 Å². The van der Waals surface area contributed by atoms with Crippen molar-refractivity contribution in [2.24, 2.45) is 0 Å². The highest BCUT2D eigenvalue weighted by atomic mass is 32.1. The van der Waals surface area contributed by atoms with Crippen molar-refractivity contribution in [2.75, 3.05) is 19.9 Å². The van der Waals surface area contributed by atoms with E-state index in [1.807, 2.05) is 43.0 Å². The van der Waals surface area contributed by atoms with Crippen molar-refractivity contribution < 1.29 is 19.1 Å². The second kappa shape index (κ2) is 9.43. The van der Waals surface area contributed by atoms with Crippen LogP contribution in [0.25, 0.3) is 5.65 Å². The van der Waals surface area contributed by atoms with Gasteiger partial charge in [0.2, 0.25) is 6.79 Å². The molecule has 3 aromatic heterocycles. The minimum Gasteiger partial charge on any atom is -0.454 e. The van der Waals surface area contributed by atoms with Gasteiger partial charge < -0.3 is 19.7 Å². The van der Waals surface area contributed by atoms with Crippen molar-refractivity contribution in [1.29, 1.82) is 0 Å². The van der Waals surface area contributed by atoms with Gasteiger partial charge in [-0.3, -0.25) is 9.59 Å². The molecule has 4 aromatic rings. The van der Waals surface area contributed by atoms with Crippen LogP contribution in [0.3, 0.4) is 0 Å². The van der Waals surface area contributed by atoms with Gasteiger partial charge in [0.05, 0.1) is 16.4 Å². The summed E-state index contributed by atoms with van der Waals surface area (Å²) in [6.45, 7) is 5.48. The molecule has 1 saturated heterocycles. The molecule has 0 bridgehead atoms. The summed E-state index contributed by atoms with van der Waals surface area (Å²) in [5.41, 5.74) is 3.79. The topological polar surface area (TPSA) is 124 Å². The van der Waals surface area contributed by atoms with Gasteiger partial charge in [-0.2, -0.15) is 5.10 Å². The zero-order valence-corrected chi connectivity index (χ0v) is 21.2. The molecule has 0 atom stereocenters. The molecule has 0 saturated carbocycles. The third-order valence-corrected chi connectivity index (χ3v) is 7.71. The Balaban J connectivity index is 1.05. The van der Waals surface area contributed by atoms with Gasteiger partial charge >= 0.3 is 0 Å². The lowest BCUT2D eigenvalue weighted by Gasteiger charge is -2.31. The Bertz CT molecular complexity index is 1510. The Hall–Kier alpha value is -4.06. The number of ether oxygens (including phenoxy) is 2. The van der Waals surface area contributed by atoms with Crippen LogP contribution >= 0.6 is 11.3 Å². The van der Waals surface area contributed by atoms with E-state index in [-0.39, 0.29) is 24.5 Å². The highest BCUT2D eigenvalue weighted by Crippen LogP contribution is 2.33. The van der Waals surface area contributed by atoms with E-state index in [4.69, 9.17) is 9.47 Å². The minimum absolute atomic E-state index is 0.138. The first-order chi connectivity index (χ1) is 18.0. The molecule has 5 heterocycles. The SMILES string of the molecule is Cc1cc2nnc(C(=O)N3CCC(c4nc(C(=O)NCc5ccc6c(c5)OCO6)cs4)CC3)c(C)n2n1. The van der Waals surface area contributed by atoms with Crippen LogP contribution in [0.4, 0.5) is 0 Å². The van der Waals surface area contributed by atoms with Crippen LogP contribution in [0.15, 0.2) is 29.6 Å². The first kappa shape index (κ1) is 23.3. The Morgan fingerprint density at radius 3 is 2.76 bits per heavy atom. The van der Waals surface area contributed by atoms with E-state index in [0.29, 0.717) is 53.9 Å². The first-order valence-corrected chi connectivity index (χ1v) is 13.0. The Morgan fingerprint density at radius 2 is 1.92 bits per heavy atom. The maximum absolute atomic E-state index is 13.2. The second-order valence-electron chi connectivity index (χ2n) is 9.20. The van der Waals surface area contributed by atoms with Crippen LogP contribution < -0.4 is 14.8 Å². The number of carbonyl (C=O) groups is 2. The molecule has 11 nitrogen and oxygen atoms in total. The van der Waals surface area contributed by atoms with Gasteiger partial charge in [0.25, 0.3) is 11.8 Å². The summed E-state index contributed by atoms with van der Waals surface area (Å²) >= 11 is 1.49. The molecule has 1 N–H and O–H groups in total. The van der Waals surface area contributed by atoms with E-state index in [9.17, 15) is 9.59 Å². The van der Waals surface area contributed by atoms with E-state index < -0.39 is 0 Å². The van der Waals surface area contributed by atoms with Gasteiger partial charge in [-0.15, -0.1) is 21.5 Å². The third-order valence-electron chi connectivity index (χ3n) is 6.70. The average Bonchev–Trinajstić information content (AvgIpc) is 3.66. The smallest absolute Gasteiger partial charge is 0.276 e. The molecule has 2 aliphatic rings. The Kier molecular flexibility index (Phi) is 5.95. The van der Waals surface area contributed by atoms with Crippen molar-refractivity contribution in [2.45, 2.75) is 39.2 Å². The van der Waals surface area contributed by atoms with Gasteiger partial charge in [-0.25, -0.2) is 9.50 Å². The Morgan fingerprint density at radius 1 is 1.11 bits per heavy atom. The van der Waals surface area contributed by atoms with Gasteiger partial charge in [-0.05, 0) is 44.4 Å². The number of thiazole rings is 1. The van der Waals surface area contributed by atoms with Gasteiger partial charge in [0, 0.05) is 37.0 Å². The van der Waals surface area contributed by atoms with Gasteiger partial charge in [-0.1, -0.05) is 6.07 Å². The van der Waals surface area contributed by atoms with Gasteiger partial charge in [0.15, 0.2) is 22.8 Å². The maximum Gasteiger partial charge on any atom is 0.276 e. The monoisotopic (exact) mass is 519 g/mol. The fraction of sp³-hybridized carbons (Fsp3) is 0.360. The molecule has 37 heavy (non-hydrogen) atoms. The van der Waals surface area contributed by atoms with Crippen molar-refractivity contribution in [3.8, 4) is 11.5 Å². The number of nitrogens with one attached hydrogen (secondary N) is 1. The number of piperidine rings is 1. The molecule has 190 valence electrons. The standard InChI is InChI=1S/C25H25N7O4S/c1-14-9-21-28-29-22(15(2)32(21)30-14)25(34)31-7-5-17(6-8-31)24-27-18(12-37-24)23(33)26-11-16-3-4-19-20(10-16)36-13-35-19/h3-4,9-10,12,17H,5-8,11,13H2,1-2H3,(H,26,33). The molecule has 2 amide bonds. The molecule has 0 unspecified atom stereocenters. The number of aryl methyl sites for hydroxylation is 2. The number of rotatable bonds is 5. The lowest BCUT2D eigenvalue weighted by molar-refractivity contribution is 0.0704. The van der Waals surface area contributed by atoms with E-state index in [2.05, 4.69) is 25.6 Å². The summed E-state index contributed by atoms with van der Waals surface area (Å²) in [7, 11) is 0. The number of likely N-dealkylation sites (tertiary alicyclic amines) is 1. The van der Waals surface area contributed by atoms with Crippen molar-refractivity contribution >= 4 is 28.8 Å². The highest BCUT2D eigenvalue weighted by molar-refractivity contribution is 7.09. The predicted molar refractivity (Wildman–Crippen MR) is 134 cm³/mol. The predicted octanol–water partition coefficient (Wildman–Crippen LogP) is 2.88. The quantitative estimate of drug-likeness (QED) is 0.427. The summed E-state index contributed by atoms with van der Waals surface area (Å²) in [5, 5.41) is 18.4. The largest absolute Gasteiger partial charge is 0.454 e. The number of aromatic nitrogens is 5. The number of amides is 2. The lowest BCUT2D eigenvalue weighted by atomic mass is 9.97. The number of benzene rings is 1. The summed E-state index contributed by atoms with van der Waals surface area (Å²) < 4.78 is 12.4. The van der Waals surface area contributed by atoms with E-state index in [0.717, 1.165) is 29.1 Å².